The molecule has 1 aliphatic heterocycles. The summed E-state index contributed by atoms with van der Waals surface area (Å²) < 4.78 is 7.50. The molecule has 1 aromatic carbocycles. The lowest BCUT2D eigenvalue weighted by molar-refractivity contribution is 0.0812. The highest BCUT2D eigenvalue weighted by molar-refractivity contribution is 5.92. The minimum atomic E-state index is -0.898. The molecule has 1 aliphatic carbocycles. The van der Waals surface area contributed by atoms with Gasteiger partial charge in [0.15, 0.2) is 0 Å². The molecule has 9 heteroatoms. The molecule has 2 aliphatic rings. The van der Waals surface area contributed by atoms with Crippen LogP contribution >= 0.6 is 0 Å². The number of pyridine rings is 1. The highest BCUT2D eigenvalue weighted by atomic mass is 16.5. The van der Waals surface area contributed by atoms with Gasteiger partial charge in [-0.3, -0.25) is 9.78 Å². The van der Waals surface area contributed by atoms with E-state index < -0.39 is 6.09 Å². The molecule has 162 valence electrons. The van der Waals surface area contributed by atoms with Crippen LogP contribution in [0.5, 0.6) is 5.75 Å². The molecular weight excluding hydrogens is 408 g/mol. The summed E-state index contributed by atoms with van der Waals surface area (Å²) in [4.78, 5) is 17.4. The third-order valence-corrected chi connectivity index (χ3v) is 6.50. The van der Waals surface area contributed by atoms with Crippen LogP contribution in [0.4, 0.5) is 4.79 Å². The summed E-state index contributed by atoms with van der Waals surface area (Å²) in [5.74, 6) is 0.715. The van der Waals surface area contributed by atoms with Crippen molar-refractivity contribution in [1.82, 2.24) is 29.9 Å². The van der Waals surface area contributed by atoms with Gasteiger partial charge in [-0.25, -0.2) is 9.78 Å². The van der Waals surface area contributed by atoms with E-state index in [2.05, 4.69) is 33.5 Å². The maximum absolute atomic E-state index is 11.0. The van der Waals surface area contributed by atoms with E-state index in [0.717, 1.165) is 52.8 Å². The Bertz CT molecular complexity index is 1350. The third-order valence-electron chi connectivity index (χ3n) is 6.50. The number of aromatic amines is 1. The molecule has 4 heterocycles. The number of hydrogen-bond acceptors (Lipinski definition) is 5. The molecule has 0 saturated carbocycles. The number of methoxy groups -OCH3 is 1. The van der Waals surface area contributed by atoms with Gasteiger partial charge in [0, 0.05) is 36.5 Å². The molecule has 1 fully saturated rings. The Morgan fingerprint density at radius 2 is 2.12 bits per heavy atom. The van der Waals surface area contributed by atoms with Crippen LogP contribution in [0.1, 0.15) is 23.6 Å². The van der Waals surface area contributed by atoms with Gasteiger partial charge in [0.2, 0.25) is 0 Å². The maximum atomic E-state index is 11.0. The van der Waals surface area contributed by atoms with E-state index >= 15 is 0 Å². The second-order valence-electron chi connectivity index (χ2n) is 8.35. The van der Waals surface area contributed by atoms with E-state index in [0.29, 0.717) is 18.8 Å². The topological polar surface area (TPSA) is 109 Å². The summed E-state index contributed by atoms with van der Waals surface area (Å²) >= 11 is 0. The minimum absolute atomic E-state index is 0.0422. The van der Waals surface area contributed by atoms with Crippen LogP contribution in [0.15, 0.2) is 36.7 Å². The van der Waals surface area contributed by atoms with Gasteiger partial charge >= 0.3 is 6.09 Å². The fourth-order valence-electron chi connectivity index (χ4n) is 4.76. The first-order valence-electron chi connectivity index (χ1n) is 10.7. The number of ether oxygens (including phenoxy) is 1. The standard InChI is InChI=1S/C23H22N6O3/c1-32-19-8-18-22(25-21(19)17-7-3-5-13-4-2-6-16(13)17)20(27-26-18)14-9-24-29(10-14)15-11-28(12-15)23(30)31/h3,5,7-10,15H,2,4,6,11-12H2,1H3,(H,26,27)(H,30,31). The predicted octanol–water partition coefficient (Wildman–Crippen LogP) is 3.52. The first-order chi connectivity index (χ1) is 15.6. The van der Waals surface area contributed by atoms with Gasteiger partial charge < -0.3 is 14.7 Å². The summed E-state index contributed by atoms with van der Waals surface area (Å²) in [5.41, 5.74) is 7.79. The van der Waals surface area contributed by atoms with Gasteiger partial charge in [0.25, 0.3) is 0 Å². The molecule has 0 unspecified atom stereocenters. The molecule has 0 atom stereocenters. The Labute approximate surface area is 183 Å². The van der Waals surface area contributed by atoms with Crippen molar-refractivity contribution < 1.29 is 14.6 Å². The molecule has 0 bridgehead atoms. The summed E-state index contributed by atoms with van der Waals surface area (Å²) in [5, 5.41) is 21.1. The molecule has 6 rings (SSSR count). The van der Waals surface area contributed by atoms with E-state index in [1.54, 1.807) is 13.3 Å². The molecule has 9 nitrogen and oxygen atoms in total. The van der Waals surface area contributed by atoms with E-state index in [4.69, 9.17) is 14.8 Å². The van der Waals surface area contributed by atoms with Crippen molar-refractivity contribution >= 4 is 17.1 Å². The molecule has 1 saturated heterocycles. The van der Waals surface area contributed by atoms with Crippen LogP contribution in [-0.2, 0) is 12.8 Å². The Balaban J connectivity index is 1.41. The number of aryl methyl sites for hydroxylation is 1. The van der Waals surface area contributed by atoms with Gasteiger partial charge in [-0.15, -0.1) is 0 Å². The Morgan fingerprint density at radius 3 is 2.94 bits per heavy atom. The lowest BCUT2D eigenvalue weighted by atomic mass is 9.99. The number of rotatable bonds is 4. The van der Waals surface area contributed by atoms with Crippen molar-refractivity contribution in [2.24, 2.45) is 0 Å². The lowest BCUT2D eigenvalue weighted by Gasteiger charge is -2.36. The van der Waals surface area contributed by atoms with Crippen molar-refractivity contribution in [3.8, 4) is 28.3 Å². The number of aromatic nitrogens is 5. The first-order valence-corrected chi connectivity index (χ1v) is 10.7. The third kappa shape index (κ3) is 2.84. The average molecular weight is 430 g/mol. The molecule has 0 spiro atoms. The molecule has 0 radical (unpaired) electrons. The number of nitrogens with zero attached hydrogens (tertiary/aromatic N) is 5. The SMILES string of the molecule is COc1cc2[nH]nc(-c3cnn(C4CN(C(=O)O)C4)c3)c2nc1-c1cccc2c1CCC2. The highest BCUT2D eigenvalue weighted by Gasteiger charge is 2.32. The summed E-state index contributed by atoms with van der Waals surface area (Å²) in [6.07, 6.45) is 6.08. The van der Waals surface area contributed by atoms with Crippen LogP contribution in [0.3, 0.4) is 0 Å². The van der Waals surface area contributed by atoms with Crippen LogP contribution in [0, 0.1) is 0 Å². The van der Waals surface area contributed by atoms with E-state index in [-0.39, 0.29) is 6.04 Å². The second kappa shape index (κ2) is 7.08. The Kier molecular flexibility index (Phi) is 4.17. The number of benzene rings is 1. The highest BCUT2D eigenvalue weighted by Crippen LogP contribution is 2.38. The number of carbonyl (C=O) groups is 1. The molecular formula is C23H22N6O3. The monoisotopic (exact) mass is 430 g/mol. The number of nitrogens with one attached hydrogen (secondary N) is 1. The van der Waals surface area contributed by atoms with Crippen molar-refractivity contribution in [1.29, 1.82) is 0 Å². The number of H-pyrrole nitrogens is 1. The largest absolute Gasteiger partial charge is 0.494 e. The van der Waals surface area contributed by atoms with Gasteiger partial charge in [0.05, 0.1) is 24.9 Å². The van der Waals surface area contributed by atoms with Crippen molar-refractivity contribution in [3.05, 3.63) is 47.8 Å². The Morgan fingerprint density at radius 1 is 1.25 bits per heavy atom. The number of likely N-dealkylation sites (tertiary alicyclic amines) is 1. The average Bonchev–Trinajstić information content (AvgIpc) is 3.50. The van der Waals surface area contributed by atoms with Gasteiger partial charge in [-0.05, 0) is 30.4 Å². The normalized spacial score (nSPS) is 15.7. The van der Waals surface area contributed by atoms with E-state index in [1.807, 2.05) is 16.9 Å². The number of hydrogen-bond donors (Lipinski definition) is 2. The minimum Gasteiger partial charge on any atom is -0.494 e. The first kappa shape index (κ1) is 18.9. The van der Waals surface area contributed by atoms with Crippen molar-refractivity contribution in [2.45, 2.75) is 25.3 Å². The van der Waals surface area contributed by atoms with Crippen LogP contribution < -0.4 is 4.74 Å². The van der Waals surface area contributed by atoms with Crippen LogP contribution in [0.2, 0.25) is 0 Å². The molecule has 1 amide bonds. The number of carboxylic acid groups (broad SMARTS) is 1. The van der Waals surface area contributed by atoms with E-state index in [1.165, 1.54) is 16.0 Å². The van der Waals surface area contributed by atoms with Gasteiger partial charge in [-0.1, -0.05) is 18.2 Å². The summed E-state index contributed by atoms with van der Waals surface area (Å²) in [6.45, 7) is 0.882. The zero-order valence-corrected chi connectivity index (χ0v) is 17.6. The van der Waals surface area contributed by atoms with Crippen LogP contribution in [0.25, 0.3) is 33.5 Å². The molecule has 32 heavy (non-hydrogen) atoms. The van der Waals surface area contributed by atoms with Gasteiger partial charge in [0.1, 0.15) is 22.7 Å². The Hall–Kier alpha value is -3.88. The maximum Gasteiger partial charge on any atom is 0.407 e. The van der Waals surface area contributed by atoms with Crippen molar-refractivity contribution in [2.75, 3.05) is 20.2 Å². The second-order valence-corrected chi connectivity index (χ2v) is 8.35. The number of amides is 1. The smallest absolute Gasteiger partial charge is 0.407 e. The summed E-state index contributed by atoms with van der Waals surface area (Å²) in [7, 11) is 1.66. The zero-order chi connectivity index (χ0) is 21.8. The van der Waals surface area contributed by atoms with E-state index in [9.17, 15) is 4.79 Å². The molecule has 4 aromatic rings. The fourth-order valence-corrected chi connectivity index (χ4v) is 4.76. The zero-order valence-electron chi connectivity index (χ0n) is 17.6. The van der Waals surface area contributed by atoms with Crippen molar-refractivity contribution in [3.63, 3.8) is 0 Å². The molecule has 3 aromatic heterocycles. The van der Waals surface area contributed by atoms with Gasteiger partial charge in [-0.2, -0.15) is 10.2 Å². The molecule has 2 N–H and O–H groups in total. The van der Waals surface area contributed by atoms with Crippen LogP contribution in [-0.4, -0.2) is 61.3 Å². The number of fused-ring (bicyclic) bond motifs is 2. The fraction of sp³-hybridized carbons (Fsp3) is 0.304. The summed E-state index contributed by atoms with van der Waals surface area (Å²) in [6, 6.07) is 8.39. The lowest BCUT2D eigenvalue weighted by Crippen LogP contribution is -2.50. The predicted molar refractivity (Wildman–Crippen MR) is 118 cm³/mol. The quantitative estimate of drug-likeness (QED) is 0.513.